The molecule has 1 rings (SSSR count). The first-order valence-corrected chi connectivity index (χ1v) is 5.90. The lowest BCUT2D eigenvalue weighted by Gasteiger charge is -2.42. The molecule has 3 heteroatoms. The molecular formula is C12H24N2O. The second-order valence-corrected chi connectivity index (χ2v) is 5.55. The van der Waals surface area contributed by atoms with E-state index in [1.807, 2.05) is 13.8 Å². The molecular weight excluding hydrogens is 188 g/mol. The van der Waals surface area contributed by atoms with E-state index in [-0.39, 0.29) is 5.91 Å². The van der Waals surface area contributed by atoms with Crippen LogP contribution in [0.15, 0.2) is 0 Å². The molecule has 0 aromatic heterocycles. The molecule has 0 radical (unpaired) electrons. The molecule has 0 aromatic rings. The number of hydrogen-bond donors (Lipinski definition) is 1. The van der Waals surface area contributed by atoms with Gasteiger partial charge < -0.3 is 5.73 Å². The fourth-order valence-corrected chi connectivity index (χ4v) is 2.32. The Morgan fingerprint density at radius 3 is 2.20 bits per heavy atom. The van der Waals surface area contributed by atoms with Gasteiger partial charge >= 0.3 is 0 Å². The summed E-state index contributed by atoms with van der Waals surface area (Å²) in [5, 5.41) is 0. The highest BCUT2D eigenvalue weighted by Gasteiger charge is 2.33. The molecule has 1 heterocycles. The zero-order valence-corrected chi connectivity index (χ0v) is 10.4. The van der Waals surface area contributed by atoms with Crippen LogP contribution >= 0.6 is 0 Å². The highest BCUT2D eigenvalue weighted by molar-refractivity contribution is 5.80. The third kappa shape index (κ3) is 2.94. The van der Waals surface area contributed by atoms with E-state index in [2.05, 4.69) is 18.7 Å². The van der Waals surface area contributed by atoms with E-state index < -0.39 is 5.41 Å². The highest BCUT2D eigenvalue weighted by atomic mass is 16.1. The van der Waals surface area contributed by atoms with Crippen LogP contribution in [0.2, 0.25) is 0 Å². The smallest absolute Gasteiger partial charge is 0.224 e. The van der Waals surface area contributed by atoms with E-state index in [0.29, 0.717) is 12.1 Å². The van der Waals surface area contributed by atoms with Gasteiger partial charge in [0.1, 0.15) is 0 Å². The molecule has 1 saturated heterocycles. The van der Waals surface area contributed by atoms with Crippen LogP contribution in [0.3, 0.4) is 0 Å². The SMILES string of the molecule is CC1CCCC(C)N1CC(C)(C)C(N)=O. The quantitative estimate of drug-likeness (QED) is 0.775. The largest absolute Gasteiger partial charge is 0.369 e. The number of primary amides is 1. The number of likely N-dealkylation sites (tertiary alicyclic amines) is 1. The lowest BCUT2D eigenvalue weighted by molar-refractivity contribution is -0.127. The summed E-state index contributed by atoms with van der Waals surface area (Å²) in [6.45, 7) is 9.14. The minimum Gasteiger partial charge on any atom is -0.369 e. The predicted octanol–water partition coefficient (Wildman–Crippen LogP) is 1.76. The summed E-state index contributed by atoms with van der Waals surface area (Å²) in [6.07, 6.45) is 3.77. The van der Waals surface area contributed by atoms with Gasteiger partial charge in [-0.05, 0) is 40.5 Å². The summed E-state index contributed by atoms with van der Waals surface area (Å²) in [6, 6.07) is 1.15. The summed E-state index contributed by atoms with van der Waals surface area (Å²) in [4.78, 5) is 13.7. The number of amides is 1. The summed E-state index contributed by atoms with van der Waals surface area (Å²) < 4.78 is 0. The second-order valence-electron chi connectivity index (χ2n) is 5.55. The van der Waals surface area contributed by atoms with Crippen molar-refractivity contribution in [2.45, 2.75) is 59.0 Å². The fraction of sp³-hybridized carbons (Fsp3) is 0.917. The molecule has 15 heavy (non-hydrogen) atoms. The number of carbonyl (C=O) groups excluding carboxylic acids is 1. The minimum atomic E-state index is -0.417. The molecule has 0 bridgehead atoms. The van der Waals surface area contributed by atoms with Crippen molar-refractivity contribution in [3.05, 3.63) is 0 Å². The van der Waals surface area contributed by atoms with E-state index in [4.69, 9.17) is 5.73 Å². The predicted molar refractivity (Wildman–Crippen MR) is 62.5 cm³/mol. The Hall–Kier alpha value is -0.570. The maximum absolute atomic E-state index is 11.3. The lowest BCUT2D eigenvalue weighted by atomic mass is 9.88. The van der Waals surface area contributed by atoms with Crippen molar-refractivity contribution >= 4 is 5.91 Å². The molecule has 1 aliphatic heterocycles. The third-order valence-electron chi connectivity index (χ3n) is 3.62. The zero-order valence-electron chi connectivity index (χ0n) is 10.4. The average Bonchev–Trinajstić information content (AvgIpc) is 2.11. The Morgan fingerprint density at radius 2 is 1.80 bits per heavy atom. The van der Waals surface area contributed by atoms with Crippen molar-refractivity contribution in [3.63, 3.8) is 0 Å². The van der Waals surface area contributed by atoms with Crippen LogP contribution in [-0.2, 0) is 4.79 Å². The Bertz CT molecular complexity index is 228. The Kier molecular flexibility index (Phi) is 3.77. The number of hydrogen-bond acceptors (Lipinski definition) is 2. The molecule has 2 atom stereocenters. The topological polar surface area (TPSA) is 46.3 Å². The van der Waals surface area contributed by atoms with Crippen molar-refractivity contribution in [3.8, 4) is 0 Å². The van der Waals surface area contributed by atoms with Gasteiger partial charge in [0.25, 0.3) is 0 Å². The fourth-order valence-electron chi connectivity index (χ4n) is 2.32. The van der Waals surface area contributed by atoms with E-state index >= 15 is 0 Å². The molecule has 1 fully saturated rings. The first-order chi connectivity index (χ1) is 6.84. The standard InChI is InChI=1S/C12H24N2O/c1-9-6-5-7-10(2)14(9)8-12(3,4)11(13)15/h9-10H,5-8H2,1-4H3,(H2,13,15). The summed E-state index contributed by atoms with van der Waals surface area (Å²) in [5.41, 5.74) is 5.00. The maximum atomic E-state index is 11.3. The summed E-state index contributed by atoms with van der Waals surface area (Å²) >= 11 is 0. The van der Waals surface area contributed by atoms with E-state index in [1.165, 1.54) is 19.3 Å². The van der Waals surface area contributed by atoms with Crippen molar-refractivity contribution < 1.29 is 4.79 Å². The van der Waals surface area contributed by atoms with E-state index in [0.717, 1.165) is 6.54 Å². The van der Waals surface area contributed by atoms with Gasteiger partial charge in [0, 0.05) is 18.6 Å². The Morgan fingerprint density at radius 1 is 1.33 bits per heavy atom. The molecule has 0 saturated carbocycles. The number of nitrogens with zero attached hydrogens (tertiary/aromatic N) is 1. The third-order valence-corrected chi connectivity index (χ3v) is 3.62. The van der Waals surface area contributed by atoms with Gasteiger partial charge in [-0.3, -0.25) is 9.69 Å². The van der Waals surface area contributed by atoms with Crippen molar-refractivity contribution in [2.24, 2.45) is 11.1 Å². The maximum Gasteiger partial charge on any atom is 0.224 e. The second kappa shape index (κ2) is 4.52. The van der Waals surface area contributed by atoms with Crippen LogP contribution in [0, 0.1) is 5.41 Å². The zero-order chi connectivity index (χ0) is 11.6. The number of nitrogens with two attached hydrogens (primary N) is 1. The van der Waals surface area contributed by atoms with Crippen molar-refractivity contribution in [1.82, 2.24) is 4.90 Å². The molecule has 0 aliphatic carbocycles. The highest BCUT2D eigenvalue weighted by Crippen LogP contribution is 2.27. The Balaban J connectivity index is 2.66. The van der Waals surface area contributed by atoms with Crippen molar-refractivity contribution in [1.29, 1.82) is 0 Å². The number of rotatable bonds is 3. The van der Waals surface area contributed by atoms with Gasteiger partial charge in [0.2, 0.25) is 5.91 Å². The van der Waals surface area contributed by atoms with Crippen molar-refractivity contribution in [2.75, 3.05) is 6.54 Å². The Labute approximate surface area is 93.0 Å². The molecule has 1 amide bonds. The molecule has 3 nitrogen and oxygen atoms in total. The molecule has 2 N–H and O–H groups in total. The molecule has 2 unspecified atom stereocenters. The van der Waals surface area contributed by atoms with E-state index in [9.17, 15) is 4.79 Å². The molecule has 88 valence electrons. The first-order valence-electron chi connectivity index (χ1n) is 5.90. The molecule has 1 aliphatic rings. The monoisotopic (exact) mass is 212 g/mol. The van der Waals surface area contributed by atoms with Gasteiger partial charge in [-0.15, -0.1) is 0 Å². The van der Waals surface area contributed by atoms with Crippen LogP contribution in [0.25, 0.3) is 0 Å². The van der Waals surface area contributed by atoms with Crippen LogP contribution < -0.4 is 5.73 Å². The normalized spacial score (nSPS) is 29.1. The van der Waals surface area contributed by atoms with Gasteiger partial charge in [0.15, 0.2) is 0 Å². The lowest BCUT2D eigenvalue weighted by Crippen LogP contribution is -2.51. The minimum absolute atomic E-state index is 0.201. The number of carbonyl (C=O) groups is 1. The van der Waals surface area contributed by atoms with E-state index in [1.54, 1.807) is 0 Å². The first kappa shape index (κ1) is 12.5. The van der Waals surface area contributed by atoms with Crippen LogP contribution in [0.5, 0.6) is 0 Å². The van der Waals surface area contributed by atoms with Gasteiger partial charge in [-0.25, -0.2) is 0 Å². The molecule has 0 spiro atoms. The molecule has 0 aromatic carbocycles. The number of piperidine rings is 1. The van der Waals surface area contributed by atoms with Crippen LogP contribution in [0.1, 0.15) is 47.0 Å². The summed E-state index contributed by atoms with van der Waals surface area (Å²) in [5.74, 6) is -0.201. The average molecular weight is 212 g/mol. The summed E-state index contributed by atoms with van der Waals surface area (Å²) in [7, 11) is 0. The van der Waals surface area contributed by atoms with Crippen LogP contribution in [0.4, 0.5) is 0 Å². The van der Waals surface area contributed by atoms with Gasteiger partial charge in [-0.1, -0.05) is 6.42 Å². The van der Waals surface area contributed by atoms with Gasteiger partial charge in [0.05, 0.1) is 5.41 Å². The van der Waals surface area contributed by atoms with Crippen LogP contribution in [-0.4, -0.2) is 29.4 Å². The van der Waals surface area contributed by atoms with Gasteiger partial charge in [-0.2, -0.15) is 0 Å².